The molecule has 0 spiro atoms. The first kappa shape index (κ1) is 25.0. The molecular formula is C23H31N7O4S. The van der Waals surface area contributed by atoms with E-state index < -0.39 is 10.0 Å². The van der Waals surface area contributed by atoms with E-state index in [1.165, 1.54) is 16.7 Å². The van der Waals surface area contributed by atoms with Gasteiger partial charge in [0, 0.05) is 69.4 Å². The number of methoxy groups -OCH3 is 1. The Kier molecular flexibility index (Phi) is 7.63. The number of amidine groups is 1. The van der Waals surface area contributed by atoms with Gasteiger partial charge < -0.3 is 15.4 Å². The normalized spacial score (nSPS) is 20.3. The van der Waals surface area contributed by atoms with Gasteiger partial charge in [-0.1, -0.05) is 12.1 Å². The Labute approximate surface area is 205 Å². The largest absolute Gasteiger partial charge is 0.384 e. The molecule has 3 N–H and O–H groups in total. The number of nitrogens with one attached hydrogen (secondary N) is 1. The molecule has 0 radical (unpaired) electrons. The first-order valence-electron chi connectivity index (χ1n) is 11.6. The van der Waals surface area contributed by atoms with E-state index in [0.717, 1.165) is 0 Å². The van der Waals surface area contributed by atoms with Crippen LogP contribution in [0.2, 0.25) is 0 Å². The van der Waals surface area contributed by atoms with Crippen molar-refractivity contribution in [3.05, 3.63) is 48.3 Å². The molecule has 2 aliphatic heterocycles. The number of sulfonamides is 1. The summed E-state index contributed by atoms with van der Waals surface area (Å²) < 4.78 is 32.4. The summed E-state index contributed by atoms with van der Waals surface area (Å²) in [4.78, 5) is 24.8. The van der Waals surface area contributed by atoms with Gasteiger partial charge >= 0.3 is 6.03 Å². The van der Waals surface area contributed by atoms with E-state index in [0.29, 0.717) is 63.4 Å². The predicted octanol–water partition coefficient (Wildman–Crippen LogP) is 1.37. The van der Waals surface area contributed by atoms with Crippen LogP contribution in [0.15, 0.2) is 47.9 Å². The maximum absolute atomic E-state index is 13.4. The average Bonchev–Trinajstić information content (AvgIpc) is 2.87. The number of ether oxygens (including phenoxy) is 1. The highest BCUT2D eigenvalue weighted by atomic mass is 32.2. The molecule has 2 aliphatic rings. The highest BCUT2D eigenvalue weighted by Gasteiger charge is 2.36. The van der Waals surface area contributed by atoms with Gasteiger partial charge in [-0.2, -0.15) is 4.31 Å². The Morgan fingerprint density at radius 2 is 1.86 bits per heavy atom. The number of nitrogens with two attached hydrogens (primary N) is 1. The summed E-state index contributed by atoms with van der Waals surface area (Å²) in [6, 6.07) is 8.60. The van der Waals surface area contributed by atoms with Crippen LogP contribution in [0, 0.1) is 17.2 Å². The van der Waals surface area contributed by atoms with Gasteiger partial charge in [-0.05, 0) is 37.0 Å². The number of amides is 2. The fourth-order valence-corrected chi connectivity index (χ4v) is 5.99. The number of nitrogens with zero attached hydrogens (tertiary/aromatic N) is 5. The van der Waals surface area contributed by atoms with Gasteiger partial charge in [0.15, 0.2) is 0 Å². The van der Waals surface area contributed by atoms with Crippen molar-refractivity contribution in [2.45, 2.75) is 18.0 Å². The van der Waals surface area contributed by atoms with Gasteiger partial charge in [0.2, 0.25) is 0 Å². The van der Waals surface area contributed by atoms with Gasteiger partial charge in [-0.15, -0.1) is 0 Å². The van der Waals surface area contributed by atoms with Crippen molar-refractivity contribution in [3.8, 4) is 0 Å². The number of benzene rings is 1. The molecule has 0 bridgehead atoms. The van der Waals surface area contributed by atoms with E-state index in [1.54, 1.807) is 36.3 Å². The molecule has 1 aromatic carbocycles. The maximum atomic E-state index is 13.4. The number of rotatable bonds is 8. The van der Waals surface area contributed by atoms with E-state index in [4.69, 9.17) is 15.9 Å². The smallest absolute Gasteiger partial charge is 0.324 e. The van der Waals surface area contributed by atoms with Crippen molar-refractivity contribution in [3.63, 3.8) is 0 Å². The molecular weight excluding hydrogens is 470 g/mol. The van der Waals surface area contributed by atoms with Crippen molar-refractivity contribution in [2.24, 2.45) is 17.6 Å². The van der Waals surface area contributed by atoms with E-state index in [-0.39, 0.29) is 28.9 Å². The number of anilines is 1. The number of hydrogen-bond acceptors (Lipinski definition) is 7. The molecule has 2 fully saturated rings. The van der Waals surface area contributed by atoms with Crippen LogP contribution in [-0.4, -0.2) is 85.9 Å². The fourth-order valence-electron chi connectivity index (χ4n) is 4.68. The van der Waals surface area contributed by atoms with Crippen molar-refractivity contribution in [2.75, 3.05) is 51.3 Å². The molecule has 3 heterocycles. The number of nitrogen functional groups attached to an aromatic ring is 1. The molecule has 0 saturated carbocycles. The van der Waals surface area contributed by atoms with Crippen LogP contribution in [-0.2, 0) is 14.8 Å². The summed E-state index contributed by atoms with van der Waals surface area (Å²) in [5.41, 5.74) is 6.90. The first-order valence-corrected chi connectivity index (χ1v) is 13.0. The monoisotopic (exact) mass is 501 g/mol. The number of carbonyl (C=O) groups excluding carboxylic acids is 1. The van der Waals surface area contributed by atoms with Gasteiger partial charge in [-0.25, -0.2) is 23.2 Å². The topological polar surface area (TPSA) is 146 Å². The molecule has 1 atom stereocenters. The Morgan fingerprint density at radius 3 is 2.51 bits per heavy atom. The number of aromatic nitrogens is 2. The molecule has 2 amide bonds. The minimum Gasteiger partial charge on any atom is -0.384 e. The zero-order chi connectivity index (χ0) is 25.0. The highest BCUT2D eigenvalue weighted by molar-refractivity contribution is 7.88. The standard InChI is InChI=1S/C23H31N7O4S/c1-34-16-18-14-28(23(31)30(15-18)20-5-2-4-19(12-20)21(24)25)13-17-6-10-29(11-7-17)35(32,33)22-26-8-3-9-27-22/h2-5,8-9,12,17-18H,6-7,10-11,13-16H2,1H3,(H3,24,25). The van der Waals surface area contributed by atoms with E-state index in [2.05, 4.69) is 9.97 Å². The fraction of sp³-hybridized carbons (Fsp3) is 0.478. The molecule has 4 rings (SSSR count). The van der Waals surface area contributed by atoms with Crippen LogP contribution < -0.4 is 10.6 Å². The summed E-state index contributed by atoms with van der Waals surface area (Å²) >= 11 is 0. The van der Waals surface area contributed by atoms with Crippen LogP contribution in [0.4, 0.5) is 10.5 Å². The van der Waals surface area contributed by atoms with Gasteiger partial charge in [0.1, 0.15) is 5.84 Å². The van der Waals surface area contributed by atoms with Crippen LogP contribution in [0.5, 0.6) is 0 Å². The molecule has 12 heteroatoms. The van der Waals surface area contributed by atoms with Crippen LogP contribution in [0.1, 0.15) is 18.4 Å². The number of hydrogen-bond donors (Lipinski definition) is 2. The average molecular weight is 502 g/mol. The van der Waals surface area contributed by atoms with E-state index in [9.17, 15) is 13.2 Å². The lowest BCUT2D eigenvalue weighted by Gasteiger charge is -2.42. The third-order valence-corrected chi connectivity index (χ3v) is 8.17. The summed E-state index contributed by atoms with van der Waals surface area (Å²) in [5, 5.41) is 7.53. The van der Waals surface area contributed by atoms with Crippen molar-refractivity contribution < 1.29 is 17.9 Å². The molecule has 11 nitrogen and oxygen atoms in total. The molecule has 35 heavy (non-hydrogen) atoms. The van der Waals surface area contributed by atoms with Crippen molar-refractivity contribution in [1.82, 2.24) is 19.2 Å². The number of piperidine rings is 1. The molecule has 1 unspecified atom stereocenters. The van der Waals surface area contributed by atoms with Crippen molar-refractivity contribution in [1.29, 1.82) is 5.41 Å². The van der Waals surface area contributed by atoms with Gasteiger partial charge in [0.05, 0.1) is 6.61 Å². The predicted molar refractivity (Wildman–Crippen MR) is 131 cm³/mol. The lowest BCUT2D eigenvalue weighted by Crippen LogP contribution is -2.56. The summed E-state index contributed by atoms with van der Waals surface area (Å²) in [6.07, 6.45) is 4.13. The minimum atomic E-state index is -3.72. The van der Waals surface area contributed by atoms with E-state index in [1.807, 2.05) is 11.0 Å². The molecule has 1 aromatic heterocycles. The minimum absolute atomic E-state index is 0.0516. The van der Waals surface area contributed by atoms with Gasteiger partial charge in [-0.3, -0.25) is 10.3 Å². The van der Waals surface area contributed by atoms with E-state index >= 15 is 0 Å². The SMILES string of the molecule is COCC1CN(CC2CCN(S(=O)(=O)c3ncccn3)CC2)C(=O)N(c2cccc(C(=N)N)c2)C1. The maximum Gasteiger partial charge on any atom is 0.324 e. The first-order chi connectivity index (χ1) is 16.8. The van der Waals surface area contributed by atoms with Crippen molar-refractivity contribution >= 4 is 27.6 Å². The van der Waals surface area contributed by atoms with Crippen LogP contribution in [0.25, 0.3) is 0 Å². The Balaban J connectivity index is 1.44. The second-order valence-corrected chi connectivity index (χ2v) is 10.8. The molecule has 2 aromatic rings. The number of carbonyl (C=O) groups is 1. The summed E-state index contributed by atoms with van der Waals surface area (Å²) in [5.74, 6) is 0.243. The zero-order valence-electron chi connectivity index (χ0n) is 19.7. The second kappa shape index (κ2) is 10.7. The zero-order valence-corrected chi connectivity index (χ0v) is 20.5. The second-order valence-electron chi connectivity index (χ2n) is 8.96. The van der Waals surface area contributed by atoms with Crippen LogP contribution in [0.3, 0.4) is 0 Å². The molecule has 2 saturated heterocycles. The Hall–Kier alpha value is -3.09. The molecule has 0 aliphatic carbocycles. The summed E-state index contributed by atoms with van der Waals surface area (Å²) in [7, 11) is -2.08. The highest BCUT2D eigenvalue weighted by Crippen LogP contribution is 2.28. The Bertz CT molecular complexity index is 1150. The Morgan fingerprint density at radius 1 is 1.14 bits per heavy atom. The molecule has 188 valence electrons. The summed E-state index contributed by atoms with van der Waals surface area (Å²) in [6.45, 7) is 2.86. The number of urea groups is 1. The van der Waals surface area contributed by atoms with Crippen LogP contribution >= 0.6 is 0 Å². The quantitative estimate of drug-likeness (QED) is 0.315. The third kappa shape index (κ3) is 5.60. The third-order valence-electron chi connectivity index (χ3n) is 6.46. The lowest BCUT2D eigenvalue weighted by molar-refractivity contribution is 0.105. The lowest BCUT2D eigenvalue weighted by atomic mass is 9.96. The van der Waals surface area contributed by atoms with Gasteiger partial charge in [0.25, 0.3) is 15.2 Å².